The molecule has 1 unspecified atom stereocenters. The van der Waals surface area contributed by atoms with Gasteiger partial charge in [-0.3, -0.25) is 0 Å². The Kier molecular flexibility index (Phi) is 5.27. The fourth-order valence-corrected chi connectivity index (χ4v) is 4.10. The molecule has 0 fully saturated rings. The second-order valence-corrected chi connectivity index (χ2v) is 12.3. The minimum atomic E-state index is -1.83. The van der Waals surface area contributed by atoms with Gasteiger partial charge < -0.3 is 9.16 Å². The van der Waals surface area contributed by atoms with Gasteiger partial charge in [0.2, 0.25) is 0 Å². The maximum absolute atomic E-state index is 11.8. The van der Waals surface area contributed by atoms with E-state index in [1.54, 1.807) is 0 Å². The summed E-state index contributed by atoms with van der Waals surface area (Å²) in [6, 6.07) is 0. The fourth-order valence-electron chi connectivity index (χ4n) is 2.47. The van der Waals surface area contributed by atoms with Gasteiger partial charge in [0.1, 0.15) is 0 Å². The number of allylic oxidation sites excluding steroid dienone is 1. The van der Waals surface area contributed by atoms with Gasteiger partial charge in [-0.15, -0.1) is 0 Å². The molecule has 0 saturated carbocycles. The second-order valence-electron chi connectivity index (χ2n) is 7.54. The van der Waals surface area contributed by atoms with E-state index in [1.807, 2.05) is 13.0 Å². The zero-order valence-electron chi connectivity index (χ0n) is 14.8. The minimum absolute atomic E-state index is 0.179. The molecule has 1 aliphatic rings. The van der Waals surface area contributed by atoms with Crippen molar-refractivity contribution < 1.29 is 14.0 Å². The van der Waals surface area contributed by atoms with Crippen molar-refractivity contribution >= 4 is 14.3 Å². The highest BCUT2D eigenvalue weighted by molar-refractivity contribution is 6.74. The topological polar surface area (TPSA) is 35.5 Å². The molecule has 0 aromatic heterocycles. The molecule has 4 heteroatoms. The van der Waals surface area contributed by atoms with Crippen molar-refractivity contribution in [1.29, 1.82) is 0 Å². The zero-order chi connectivity index (χ0) is 16.5. The van der Waals surface area contributed by atoms with E-state index < -0.39 is 8.32 Å². The molecule has 0 N–H and O–H groups in total. The molecule has 1 aliphatic carbocycles. The lowest BCUT2D eigenvalue weighted by Crippen LogP contribution is -2.47. The molecule has 0 spiro atoms. The van der Waals surface area contributed by atoms with Crippen molar-refractivity contribution in [3.63, 3.8) is 0 Å². The van der Waals surface area contributed by atoms with E-state index in [-0.39, 0.29) is 16.6 Å². The predicted molar refractivity (Wildman–Crippen MR) is 89.8 cm³/mol. The van der Waals surface area contributed by atoms with Crippen LogP contribution < -0.4 is 0 Å². The molecule has 1 atom stereocenters. The number of hydrogen-bond acceptors (Lipinski definition) is 3. The average molecular weight is 311 g/mol. The monoisotopic (exact) mass is 310 g/mol. The lowest BCUT2D eigenvalue weighted by molar-refractivity contribution is -0.135. The van der Waals surface area contributed by atoms with E-state index in [2.05, 4.69) is 46.9 Å². The molecule has 3 nitrogen and oxygen atoms in total. The van der Waals surface area contributed by atoms with E-state index >= 15 is 0 Å². The molecule has 0 aliphatic heterocycles. The van der Waals surface area contributed by atoms with Crippen LogP contribution in [0.3, 0.4) is 0 Å². The zero-order valence-corrected chi connectivity index (χ0v) is 15.8. The fraction of sp³-hybridized carbons (Fsp3) is 0.706. The SMILES string of the molecule is C/C=C(/C(=O)OC)C1=CC(C)(O[Si](C)(C)C(C)(C)C)CC1. The Bertz CT molecular complexity index is 469. The van der Waals surface area contributed by atoms with E-state index in [0.717, 1.165) is 18.4 Å². The summed E-state index contributed by atoms with van der Waals surface area (Å²) in [7, 11) is -0.409. The lowest BCUT2D eigenvalue weighted by Gasteiger charge is -2.42. The molecule has 0 radical (unpaired) electrons. The lowest BCUT2D eigenvalue weighted by atomic mass is 10.1. The molecule has 0 bridgehead atoms. The molecular weight excluding hydrogens is 280 g/mol. The quantitative estimate of drug-likeness (QED) is 0.432. The van der Waals surface area contributed by atoms with Gasteiger partial charge in [-0.05, 0) is 50.4 Å². The van der Waals surface area contributed by atoms with Crippen molar-refractivity contribution in [2.75, 3.05) is 7.11 Å². The van der Waals surface area contributed by atoms with Gasteiger partial charge in [-0.2, -0.15) is 0 Å². The third-order valence-corrected chi connectivity index (χ3v) is 9.29. The highest BCUT2D eigenvalue weighted by Gasteiger charge is 2.44. The van der Waals surface area contributed by atoms with Crippen LogP contribution in [0.1, 0.15) is 47.5 Å². The summed E-state index contributed by atoms with van der Waals surface area (Å²) in [6.07, 6.45) is 5.73. The van der Waals surface area contributed by atoms with Crippen LogP contribution in [0.5, 0.6) is 0 Å². The average Bonchev–Trinajstić information content (AvgIpc) is 2.69. The summed E-state index contributed by atoms with van der Waals surface area (Å²) in [4.78, 5) is 11.8. The van der Waals surface area contributed by atoms with Crippen LogP contribution in [0.2, 0.25) is 18.1 Å². The van der Waals surface area contributed by atoms with Crippen LogP contribution in [0.4, 0.5) is 0 Å². The van der Waals surface area contributed by atoms with Crippen LogP contribution in [-0.4, -0.2) is 27.0 Å². The molecule has 0 saturated heterocycles. The molecule has 0 heterocycles. The number of rotatable bonds is 4. The Morgan fingerprint density at radius 1 is 1.38 bits per heavy atom. The Morgan fingerprint density at radius 3 is 2.38 bits per heavy atom. The van der Waals surface area contributed by atoms with Crippen molar-refractivity contribution in [1.82, 2.24) is 0 Å². The third kappa shape index (κ3) is 4.07. The molecule has 0 amide bonds. The first-order valence-corrected chi connectivity index (χ1v) is 10.5. The van der Waals surface area contributed by atoms with Crippen LogP contribution >= 0.6 is 0 Å². The summed E-state index contributed by atoms with van der Waals surface area (Å²) in [5, 5.41) is 0.179. The van der Waals surface area contributed by atoms with Crippen molar-refractivity contribution in [2.45, 2.75) is 71.2 Å². The third-order valence-electron chi connectivity index (χ3n) is 4.70. The first-order chi connectivity index (χ1) is 9.46. The predicted octanol–water partition coefficient (Wildman–Crippen LogP) is 4.61. The van der Waals surface area contributed by atoms with E-state index in [4.69, 9.17) is 9.16 Å². The molecule has 0 aromatic rings. The molecule has 1 rings (SSSR count). The largest absolute Gasteiger partial charge is 0.465 e. The summed E-state index contributed by atoms with van der Waals surface area (Å²) in [5.41, 5.74) is 1.44. The van der Waals surface area contributed by atoms with Gasteiger partial charge in [0.05, 0.1) is 18.3 Å². The highest BCUT2D eigenvalue weighted by Crippen LogP contribution is 2.43. The van der Waals surface area contributed by atoms with Crippen LogP contribution in [0.15, 0.2) is 23.3 Å². The number of hydrogen-bond donors (Lipinski definition) is 0. The van der Waals surface area contributed by atoms with Crippen molar-refractivity contribution in [2.24, 2.45) is 0 Å². The van der Waals surface area contributed by atoms with Gasteiger partial charge >= 0.3 is 5.97 Å². The summed E-state index contributed by atoms with van der Waals surface area (Å²) >= 11 is 0. The maximum atomic E-state index is 11.8. The van der Waals surface area contributed by atoms with Crippen molar-refractivity contribution in [3.05, 3.63) is 23.3 Å². The number of methoxy groups -OCH3 is 1. The Morgan fingerprint density at radius 2 is 1.95 bits per heavy atom. The molecular formula is C17H30O3Si. The van der Waals surface area contributed by atoms with Gasteiger partial charge in [0.25, 0.3) is 0 Å². The Balaban J connectivity index is 3.00. The Hall–Kier alpha value is -0.873. The van der Waals surface area contributed by atoms with Crippen LogP contribution in [0, 0.1) is 0 Å². The first kappa shape index (κ1) is 18.2. The molecule has 120 valence electrons. The standard InChI is InChI=1S/C17H30O3Si/c1-9-14(15(18)19-6)13-10-11-17(5,12-13)20-21(7,8)16(2,3)4/h9,12H,10-11H2,1-8H3/b14-9+. The summed E-state index contributed by atoms with van der Waals surface area (Å²) < 4.78 is 11.4. The van der Waals surface area contributed by atoms with Gasteiger partial charge in [0, 0.05) is 0 Å². The normalized spacial score (nSPS) is 24.0. The summed E-state index contributed by atoms with van der Waals surface area (Å²) in [6.45, 7) is 15.3. The maximum Gasteiger partial charge on any atom is 0.337 e. The summed E-state index contributed by atoms with van der Waals surface area (Å²) in [5.74, 6) is -0.264. The van der Waals surface area contributed by atoms with Crippen LogP contribution in [0.25, 0.3) is 0 Å². The van der Waals surface area contributed by atoms with Gasteiger partial charge in [-0.1, -0.05) is 32.9 Å². The van der Waals surface area contributed by atoms with Crippen LogP contribution in [-0.2, 0) is 14.0 Å². The van der Waals surface area contributed by atoms with Gasteiger partial charge in [0.15, 0.2) is 8.32 Å². The number of carbonyl (C=O) groups excluding carboxylic acids is 1. The number of carbonyl (C=O) groups is 1. The second kappa shape index (κ2) is 6.09. The van der Waals surface area contributed by atoms with Crippen molar-refractivity contribution in [3.8, 4) is 0 Å². The smallest absolute Gasteiger partial charge is 0.337 e. The Labute approximate surface area is 130 Å². The highest BCUT2D eigenvalue weighted by atomic mass is 28.4. The molecule has 0 aromatic carbocycles. The molecule has 21 heavy (non-hydrogen) atoms. The number of ether oxygens (including phenoxy) is 1. The van der Waals surface area contributed by atoms with Gasteiger partial charge in [-0.25, -0.2) is 4.79 Å². The number of esters is 1. The minimum Gasteiger partial charge on any atom is -0.465 e. The van der Waals surface area contributed by atoms with E-state index in [0.29, 0.717) is 5.57 Å². The van der Waals surface area contributed by atoms with E-state index in [9.17, 15) is 4.79 Å². The van der Waals surface area contributed by atoms with E-state index in [1.165, 1.54) is 7.11 Å². The first-order valence-electron chi connectivity index (χ1n) is 7.63.